The first-order chi connectivity index (χ1) is 9.77. The first-order valence-corrected chi connectivity index (χ1v) is 8.16. The van der Waals surface area contributed by atoms with E-state index >= 15 is 0 Å². The summed E-state index contributed by atoms with van der Waals surface area (Å²) >= 11 is 4.84. The number of hydrogen-bond acceptors (Lipinski definition) is 4. The quantitative estimate of drug-likeness (QED) is 0.827. The Kier molecular flexibility index (Phi) is 4.82. The fraction of sp³-hybridized carbons (Fsp3) is 0.500. The number of hydrogen-bond donors (Lipinski definition) is 2. The standard InChI is InChI=1S/C12H14F3N3OS2/c13-12(14,15)9-2-1-8(10(16)20)11(18-9)17-7-3-5-21(19)6-4-7/h1-2,7H,3-6H2,(H2,16,20)(H,17,18). The lowest BCUT2D eigenvalue weighted by Crippen LogP contribution is -2.31. The van der Waals surface area contributed by atoms with Gasteiger partial charge in [0.05, 0.1) is 5.56 Å². The van der Waals surface area contributed by atoms with Crippen LogP contribution in [0.5, 0.6) is 0 Å². The normalized spacial score (nSPS) is 22.8. The van der Waals surface area contributed by atoms with E-state index in [4.69, 9.17) is 18.0 Å². The number of halogens is 3. The number of alkyl halides is 3. The highest BCUT2D eigenvalue weighted by atomic mass is 32.2. The predicted octanol–water partition coefficient (Wildman–Crippen LogP) is 2.06. The van der Waals surface area contributed by atoms with Gasteiger partial charge in [-0.15, -0.1) is 0 Å². The van der Waals surface area contributed by atoms with Gasteiger partial charge in [0.25, 0.3) is 0 Å². The van der Waals surface area contributed by atoms with E-state index < -0.39 is 22.7 Å². The second kappa shape index (κ2) is 6.27. The van der Waals surface area contributed by atoms with Crippen molar-refractivity contribution in [3.8, 4) is 0 Å². The molecule has 2 rings (SSSR count). The van der Waals surface area contributed by atoms with Gasteiger partial charge < -0.3 is 11.1 Å². The Morgan fingerprint density at radius 3 is 2.52 bits per heavy atom. The third-order valence-electron chi connectivity index (χ3n) is 3.18. The zero-order valence-corrected chi connectivity index (χ0v) is 12.6. The molecule has 3 N–H and O–H groups in total. The molecule has 1 aliphatic heterocycles. The molecule has 1 fully saturated rings. The molecule has 9 heteroatoms. The second-order valence-electron chi connectivity index (χ2n) is 4.72. The number of nitrogens with two attached hydrogens (primary N) is 1. The molecule has 116 valence electrons. The molecular formula is C12H14F3N3OS2. The van der Waals surface area contributed by atoms with Crippen molar-refractivity contribution < 1.29 is 17.4 Å². The summed E-state index contributed by atoms with van der Waals surface area (Å²) in [5.41, 5.74) is 4.81. The Hall–Kier alpha value is -1.22. The molecule has 0 aromatic carbocycles. The summed E-state index contributed by atoms with van der Waals surface area (Å²) in [5.74, 6) is 1.09. The third-order valence-corrected chi connectivity index (χ3v) is 4.78. The van der Waals surface area contributed by atoms with Gasteiger partial charge >= 0.3 is 6.18 Å². The predicted molar refractivity (Wildman–Crippen MR) is 79.6 cm³/mol. The van der Waals surface area contributed by atoms with Crippen LogP contribution in [0.1, 0.15) is 24.1 Å². The molecule has 0 atom stereocenters. The SMILES string of the molecule is NC(=S)c1ccc(C(F)(F)F)nc1NC1CCS(=O)CC1. The molecule has 0 radical (unpaired) electrons. The van der Waals surface area contributed by atoms with Crippen molar-refractivity contribution in [2.75, 3.05) is 16.8 Å². The summed E-state index contributed by atoms with van der Waals surface area (Å²) in [6, 6.07) is 2.00. The van der Waals surface area contributed by atoms with E-state index in [1.165, 1.54) is 6.07 Å². The number of aromatic nitrogens is 1. The van der Waals surface area contributed by atoms with Crippen LogP contribution < -0.4 is 11.1 Å². The largest absolute Gasteiger partial charge is 0.433 e. The van der Waals surface area contributed by atoms with Crippen LogP contribution in [0.2, 0.25) is 0 Å². The number of pyridine rings is 1. The van der Waals surface area contributed by atoms with Gasteiger partial charge in [-0.1, -0.05) is 12.2 Å². The van der Waals surface area contributed by atoms with Crippen LogP contribution >= 0.6 is 12.2 Å². The maximum atomic E-state index is 12.7. The van der Waals surface area contributed by atoms with Gasteiger partial charge in [0.1, 0.15) is 16.5 Å². The van der Waals surface area contributed by atoms with Crippen LogP contribution in [0.4, 0.5) is 19.0 Å². The first-order valence-electron chi connectivity index (χ1n) is 6.27. The van der Waals surface area contributed by atoms with Crippen LogP contribution in [0, 0.1) is 0 Å². The molecule has 1 aliphatic rings. The van der Waals surface area contributed by atoms with Gasteiger partial charge in [0.15, 0.2) is 0 Å². The van der Waals surface area contributed by atoms with Gasteiger partial charge in [-0.3, -0.25) is 4.21 Å². The van der Waals surface area contributed by atoms with Crippen LogP contribution in [-0.2, 0) is 17.0 Å². The number of anilines is 1. The Morgan fingerprint density at radius 2 is 2.00 bits per heavy atom. The van der Waals surface area contributed by atoms with Crippen molar-refractivity contribution >= 4 is 33.8 Å². The molecular weight excluding hydrogens is 323 g/mol. The number of rotatable bonds is 3. The van der Waals surface area contributed by atoms with Gasteiger partial charge in [-0.2, -0.15) is 13.2 Å². The highest BCUT2D eigenvalue weighted by Crippen LogP contribution is 2.30. The van der Waals surface area contributed by atoms with E-state index in [-0.39, 0.29) is 22.4 Å². The number of nitrogens with one attached hydrogen (secondary N) is 1. The van der Waals surface area contributed by atoms with Gasteiger partial charge in [-0.05, 0) is 25.0 Å². The minimum absolute atomic E-state index is 0.0156. The minimum atomic E-state index is -4.53. The van der Waals surface area contributed by atoms with E-state index in [0.717, 1.165) is 6.07 Å². The van der Waals surface area contributed by atoms with Crippen molar-refractivity contribution in [3.05, 3.63) is 23.4 Å². The molecule has 0 aliphatic carbocycles. The molecule has 2 heterocycles. The van der Waals surface area contributed by atoms with Gasteiger partial charge in [0.2, 0.25) is 0 Å². The molecule has 0 saturated carbocycles. The monoisotopic (exact) mass is 337 g/mol. The number of nitrogens with zero attached hydrogens (tertiary/aromatic N) is 1. The Labute approximate surface area is 127 Å². The van der Waals surface area contributed by atoms with Crippen molar-refractivity contribution in [1.29, 1.82) is 0 Å². The maximum Gasteiger partial charge on any atom is 0.433 e. The summed E-state index contributed by atoms with van der Waals surface area (Å²) in [6.45, 7) is 0. The van der Waals surface area contributed by atoms with Crippen molar-refractivity contribution in [2.45, 2.75) is 25.1 Å². The summed E-state index contributed by atoms with van der Waals surface area (Å²) in [5, 5.41) is 2.95. The number of thiocarbonyl (C=S) groups is 1. The second-order valence-corrected chi connectivity index (χ2v) is 6.86. The zero-order chi connectivity index (χ0) is 15.6. The summed E-state index contributed by atoms with van der Waals surface area (Å²) < 4.78 is 49.5. The lowest BCUT2D eigenvalue weighted by molar-refractivity contribution is -0.141. The van der Waals surface area contributed by atoms with Crippen LogP contribution in [0.15, 0.2) is 12.1 Å². The smallest absolute Gasteiger partial charge is 0.389 e. The molecule has 0 amide bonds. The molecule has 1 aromatic heterocycles. The molecule has 4 nitrogen and oxygen atoms in total. The average Bonchev–Trinajstić information content (AvgIpc) is 2.40. The van der Waals surface area contributed by atoms with Crippen LogP contribution in [0.3, 0.4) is 0 Å². The lowest BCUT2D eigenvalue weighted by Gasteiger charge is -2.24. The van der Waals surface area contributed by atoms with Crippen LogP contribution in [-0.4, -0.2) is 31.7 Å². The Bertz CT molecular complexity index is 567. The van der Waals surface area contributed by atoms with E-state index in [9.17, 15) is 17.4 Å². The van der Waals surface area contributed by atoms with E-state index in [1.807, 2.05) is 0 Å². The molecule has 1 saturated heterocycles. The molecule has 0 spiro atoms. The average molecular weight is 337 g/mol. The fourth-order valence-corrected chi connectivity index (χ4v) is 3.52. The third kappa shape index (κ3) is 4.13. The molecule has 21 heavy (non-hydrogen) atoms. The topological polar surface area (TPSA) is 68.0 Å². The van der Waals surface area contributed by atoms with Crippen LogP contribution in [0.25, 0.3) is 0 Å². The minimum Gasteiger partial charge on any atom is -0.389 e. The van der Waals surface area contributed by atoms with Gasteiger partial charge in [-0.25, -0.2) is 4.98 Å². The highest BCUT2D eigenvalue weighted by Gasteiger charge is 2.33. The van der Waals surface area contributed by atoms with E-state index in [0.29, 0.717) is 24.3 Å². The molecule has 0 bridgehead atoms. The summed E-state index contributed by atoms with van der Waals surface area (Å²) in [6.07, 6.45) is -3.30. The maximum absolute atomic E-state index is 12.7. The van der Waals surface area contributed by atoms with Crippen molar-refractivity contribution in [3.63, 3.8) is 0 Å². The molecule has 1 aromatic rings. The van der Waals surface area contributed by atoms with Crippen molar-refractivity contribution in [1.82, 2.24) is 4.98 Å². The Balaban J connectivity index is 2.26. The fourth-order valence-electron chi connectivity index (χ4n) is 2.06. The zero-order valence-electron chi connectivity index (χ0n) is 10.9. The summed E-state index contributed by atoms with van der Waals surface area (Å²) in [7, 11) is -0.842. The van der Waals surface area contributed by atoms with Crippen molar-refractivity contribution in [2.24, 2.45) is 5.73 Å². The molecule has 0 unspecified atom stereocenters. The summed E-state index contributed by atoms with van der Waals surface area (Å²) in [4.78, 5) is 3.58. The lowest BCUT2D eigenvalue weighted by atomic mass is 10.1. The first kappa shape index (κ1) is 16.2. The van der Waals surface area contributed by atoms with Gasteiger partial charge in [0, 0.05) is 28.3 Å². The van der Waals surface area contributed by atoms with E-state index in [2.05, 4.69) is 10.3 Å². The Morgan fingerprint density at radius 1 is 1.38 bits per heavy atom. The highest BCUT2D eigenvalue weighted by molar-refractivity contribution is 7.85. The van der Waals surface area contributed by atoms with E-state index in [1.54, 1.807) is 0 Å².